The Balaban J connectivity index is 1.86. The maximum atomic E-state index is 11.7. The van der Waals surface area contributed by atoms with Crippen LogP contribution in [0.2, 0.25) is 0 Å². The minimum Gasteiger partial charge on any atom is -0.330 e. The molecule has 88 valence electrons. The van der Waals surface area contributed by atoms with Gasteiger partial charge in [-0.05, 0) is 44.1 Å². The van der Waals surface area contributed by atoms with E-state index in [1.165, 1.54) is 19.3 Å². The molecule has 3 unspecified atom stereocenters. The number of hydrogen-bond donors (Lipinski definition) is 2. The Bertz CT molecular complexity index is 315. The standard InChI is InChI=1S/C10H20N2O2S/c11-4-1-5-15(13,14)12-10-7-8-2-3-9(10)6-8/h8-10,12H,1-7,11H2. The van der Waals surface area contributed by atoms with E-state index in [1.807, 2.05) is 0 Å². The molecule has 3 N–H and O–H groups in total. The second-order valence-electron chi connectivity index (χ2n) is 4.86. The van der Waals surface area contributed by atoms with E-state index in [0.29, 0.717) is 18.9 Å². The predicted octanol–water partition coefficient (Wildman–Crippen LogP) is 0.443. The molecule has 0 aromatic rings. The molecule has 0 aliphatic heterocycles. The highest BCUT2D eigenvalue weighted by molar-refractivity contribution is 7.89. The summed E-state index contributed by atoms with van der Waals surface area (Å²) in [6, 6.07) is 0.214. The van der Waals surface area contributed by atoms with Crippen LogP contribution in [0, 0.1) is 11.8 Å². The first-order chi connectivity index (χ1) is 7.11. The summed E-state index contributed by atoms with van der Waals surface area (Å²) in [5, 5.41) is 0. The molecule has 0 heterocycles. The van der Waals surface area contributed by atoms with E-state index >= 15 is 0 Å². The molecule has 0 aromatic carbocycles. The molecular weight excluding hydrogens is 212 g/mol. The molecule has 2 aliphatic rings. The van der Waals surface area contributed by atoms with Gasteiger partial charge in [-0.1, -0.05) is 6.42 Å². The third-order valence-electron chi connectivity index (χ3n) is 3.69. The third-order valence-corrected chi connectivity index (χ3v) is 5.17. The van der Waals surface area contributed by atoms with Crippen LogP contribution in [0.4, 0.5) is 0 Å². The van der Waals surface area contributed by atoms with Crippen molar-refractivity contribution in [1.82, 2.24) is 4.72 Å². The van der Waals surface area contributed by atoms with Crippen LogP contribution in [0.1, 0.15) is 32.1 Å². The Morgan fingerprint density at radius 3 is 2.60 bits per heavy atom. The lowest BCUT2D eigenvalue weighted by Gasteiger charge is -2.22. The molecule has 0 saturated heterocycles. The van der Waals surface area contributed by atoms with Gasteiger partial charge < -0.3 is 5.73 Å². The Morgan fingerprint density at radius 2 is 2.07 bits per heavy atom. The number of sulfonamides is 1. The SMILES string of the molecule is NCCCS(=O)(=O)NC1CC2CCC1C2. The van der Waals surface area contributed by atoms with Gasteiger partial charge in [0.1, 0.15) is 0 Å². The fourth-order valence-corrected chi connectivity index (χ4v) is 4.37. The zero-order valence-corrected chi connectivity index (χ0v) is 9.80. The number of nitrogens with one attached hydrogen (secondary N) is 1. The summed E-state index contributed by atoms with van der Waals surface area (Å²) < 4.78 is 26.1. The lowest BCUT2D eigenvalue weighted by molar-refractivity contribution is 0.390. The summed E-state index contributed by atoms with van der Waals surface area (Å²) in [5.41, 5.74) is 5.31. The highest BCUT2D eigenvalue weighted by Crippen LogP contribution is 2.44. The molecule has 2 aliphatic carbocycles. The van der Waals surface area contributed by atoms with Gasteiger partial charge in [-0.2, -0.15) is 0 Å². The van der Waals surface area contributed by atoms with Crippen molar-refractivity contribution in [2.45, 2.75) is 38.1 Å². The Labute approximate surface area is 91.7 Å². The van der Waals surface area contributed by atoms with E-state index in [0.717, 1.165) is 12.3 Å². The molecule has 4 nitrogen and oxygen atoms in total. The van der Waals surface area contributed by atoms with Gasteiger partial charge in [-0.15, -0.1) is 0 Å². The summed E-state index contributed by atoms with van der Waals surface area (Å²) in [6.07, 6.45) is 5.33. The zero-order chi connectivity index (χ0) is 10.9. The van der Waals surface area contributed by atoms with Crippen molar-refractivity contribution in [1.29, 1.82) is 0 Å². The Hall–Kier alpha value is -0.130. The van der Waals surface area contributed by atoms with E-state index in [9.17, 15) is 8.42 Å². The van der Waals surface area contributed by atoms with Gasteiger partial charge in [0.2, 0.25) is 10.0 Å². The van der Waals surface area contributed by atoms with Crippen molar-refractivity contribution >= 4 is 10.0 Å². The lowest BCUT2D eigenvalue weighted by atomic mass is 9.96. The maximum Gasteiger partial charge on any atom is 0.211 e. The van der Waals surface area contributed by atoms with E-state index in [-0.39, 0.29) is 11.8 Å². The molecule has 3 atom stereocenters. The van der Waals surface area contributed by atoms with Crippen LogP contribution in [0.5, 0.6) is 0 Å². The van der Waals surface area contributed by atoms with E-state index in [1.54, 1.807) is 0 Å². The van der Waals surface area contributed by atoms with Gasteiger partial charge in [0.15, 0.2) is 0 Å². The first-order valence-corrected chi connectivity index (χ1v) is 7.46. The zero-order valence-electron chi connectivity index (χ0n) is 8.98. The van der Waals surface area contributed by atoms with E-state index in [2.05, 4.69) is 4.72 Å². The number of nitrogens with two attached hydrogens (primary N) is 1. The van der Waals surface area contributed by atoms with E-state index in [4.69, 9.17) is 5.73 Å². The molecule has 0 aromatic heterocycles. The summed E-state index contributed by atoms with van der Waals surface area (Å²) in [6.45, 7) is 0.442. The quantitative estimate of drug-likeness (QED) is 0.722. The molecular formula is C10H20N2O2S. The number of rotatable bonds is 5. The summed E-state index contributed by atoms with van der Waals surface area (Å²) in [7, 11) is -3.08. The van der Waals surface area contributed by atoms with Gasteiger partial charge in [-0.25, -0.2) is 13.1 Å². The first kappa shape index (κ1) is 11.4. The van der Waals surface area contributed by atoms with Crippen molar-refractivity contribution < 1.29 is 8.42 Å². The molecule has 0 radical (unpaired) electrons. The molecule has 0 amide bonds. The Morgan fingerprint density at radius 1 is 1.27 bits per heavy atom. The van der Waals surface area contributed by atoms with Crippen LogP contribution in [0.15, 0.2) is 0 Å². The van der Waals surface area contributed by atoms with Gasteiger partial charge in [0.25, 0.3) is 0 Å². The second-order valence-corrected chi connectivity index (χ2v) is 6.73. The minimum atomic E-state index is -3.08. The highest BCUT2D eigenvalue weighted by Gasteiger charge is 2.40. The molecule has 2 saturated carbocycles. The maximum absolute atomic E-state index is 11.7. The number of fused-ring (bicyclic) bond motifs is 2. The smallest absolute Gasteiger partial charge is 0.211 e. The lowest BCUT2D eigenvalue weighted by Crippen LogP contribution is -2.39. The van der Waals surface area contributed by atoms with Crippen LogP contribution < -0.4 is 10.5 Å². The third kappa shape index (κ3) is 2.71. The highest BCUT2D eigenvalue weighted by atomic mass is 32.2. The molecule has 2 fully saturated rings. The molecule has 15 heavy (non-hydrogen) atoms. The predicted molar refractivity (Wildman–Crippen MR) is 59.8 cm³/mol. The van der Waals surface area contributed by atoms with Gasteiger partial charge in [-0.3, -0.25) is 0 Å². The molecule has 2 rings (SSSR count). The summed E-state index contributed by atoms with van der Waals surface area (Å²) >= 11 is 0. The van der Waals surface area contributed by atoms with Crippen LogP contribution in [0.3, 0.4) is 0 Å². The van der Waals surface area contributed by atoms with Crippen molar-refractivity contribution in [2.75, 3.05) is 12.3 Å². The molecule has 2 bridgehead atoms. The fourth-order valence-electron chi connectivity index (χ4n) is 2.95. The minimum absolute atomic E-state index is 0.178. The second kappa shape index (κ2) is 4.39. The van der Waals surface area contributed by atoms with Crippen LogP contribution in [-0.4, -0.2) is 26.8 Å². The van der Waals surface area contributed by atoms with E-state index < -0.39 is 10.0 Å². The normalized spacial score (nSPS) is 34.9. The average Bonchev–Trinajstić information content (AvgIpc) is 2.75. The van der Waals surface area contributed by atoms with Gasteiger partial charge >= 0.3 is 0 Å². The van der Waals surface area contributed by atoms with Gasteiger partial charge in [0.05, 0.1) is 5.75 Å². The summed E-state index contributed by atoms with van der Waals surface area (Å²) in [5.74, 6) is 1.55. The fraction of sp³-hybridized carbons (Fsp3) is 1.00. The van der Waals surface area contributed by atoms with Crippen LogP contribution in [-0.2, 0) is 10.0 Å². The van der Waals surface area contributed by atoms with Crippen molar-refractivity contribution in [3.63, 3.8) is 0 Å². The van der Waals surface area contributed by atoms with Crippen molar-refractivity contribution in [3.8, 4) is 0 Å². The Kier molecular flexibility index (Phi) is 3.33. The average molecular weight is 232 g/mol. The topological polar surface area (TPSA) is 72.2 Å². The van der Waals surface area contributed by atoms with Crippen LogP contribution in [0.25, 0.3) is 0 Å². The largest absolute Gasteiger partial charge is 0.330 e. The summed E-state index contributed by atoms with van der Waals surface area (Å²) in [4.78, 5) is 0. The van der Waals surface area contributed by atoms with Crippen molar-refractivity contribution in [3.05, 3.63) is 0 Å². The molecule has 0 spiro atoms. The monoisotopic (exact) mass is 232 g/mol. The number of hydrogen-bond acceptors (Lipinski definition) is 3. The molecule has 5 heteroatoms. The van der Waals surface area contributed by atoms with Gasteiger partial charge in [0, 0.05) is 6.04 Å². The van der Waals surface area contributed by atoms with Crippen LogP contribution >= 0.6 is 0 Å². The van der Waals surface area contributed by atoms with Crippen molar-refractivity contribution in [2.24, 2.45) is 17.6 Å². The first-order valence-electron chi connectivity index (χ1n) is 5.81.